The number of hydrogen-bond donors (Lipinski definition) is 1. The smallest absolute Gasteiger partial charge is 0.198 e. The first-order valence-corrected chi connectivity index (χ1v) is 19.4. The predicted octanol–water partition coefficient (Wildman–Crippen LogP) is 6.10. The maximum Gasteiger partial charge on any atom is 0.198 e. The fraction of sp³-hybridized carbons (Fsp3) is 0.615. The van der Waals surface area contributed by atoms with E-state index in [1.807, 2.05) is 12.1 Å². The van der Waals surface area contributed by atoms with Crippen LogP contribution in [0.4, 0.5) is 0 Å². The van der Waals surface area contributed by atoms with Crippen molar-refractivity contribution in [2.24, 2.45) is 0 Å². The van der Waals surface area contributed by atoms with E-state index in [2.05, 4.69) is 54.6 Å². The molecule has 34 heavy (non-hydrogen) atoms. The molecule has 3 atom stereocenters. The number of benzene rings is 1. The van der Waals surface area contributed by atoms with Gasteiger partial charge in [-0.15, -0.1) is 0 Å². The van der Waals surface area contributed by atoms with E-state index in [0.29, 0.717) is 16.0 Å². The summed E-state index contributed by atoms with van der Waals surface area (Å²) in [5, 5.41) is 10.8. The lowest BCUT2D eigenvalue weighted by Gasteiger charge is -2.38. The molecule has 0 saturated carbocycles. The molecule has 1 aliphatic rings. The lowest BCUT2D eigenvalue weighted by Crippen LogP contribution is -2.45. The van der Waals surface area contributed by atoms with E-state index >= 15 is 0 Å². The molecule has 0 aliphatic carbocycles. The minimum absolute atomic E-state index is 0.0791. The van der Waals surface area contributed by atoms with Gasteiger partial charge in [-0.3, -0.25) is 0 Å². The Morgan fingerprint density at radius 1 is 1.06 bits per heavy atom. The third-order valence-corrected chi connectivity index (χ3v) is 21.3. The van der Waals surface area contributed by atoms with E-state index in [1.54, 1.807) is 36.4 Å². The highest BCUT2D eigenvalue weighted by atomic mass is 32.2. The highest BCUT2D eigenvalue weighted by Crippen LogP contribution is 2.38. The zero-order chi connectivity index (χ0) is 25.8. The van der Waals surface area contributed by atoms with E-state index in [-0.39, 0.29) is 11.1 Å². The second-order valence-electron chi connectivity index (χ2n) is 10.8. The number of rotatable bonds is 10. The third kappa shape index (κ3) is 6.39. The molecule has 1 aromatic carbocycles. The Labute approximate surface area is 209 Å². The summed E-state index contributed by atoms with van der Waals surface area (Å²) in [5.74, 6) is 0. The summed E-state index contributed by atoms with van der Waals surface area (Å²) in [6, 6.07) is 11.1. The van der Waals surface area contributed by atoms with Gasteiger partial charge < -0.3 is 14.3 Å². The quantitative estimate of drug-likeness (QED) is 0.296. The van der Waals surface area contributed by atoms with Crippen LogP contribution in [0.15, 0.2) is 58.0 Å². The predicted molar refractivity (Wildman–Crippen MR) is 146 cm³/mol. The lowest BCUT2D eigenvalue weighted by atomic mass is 10.1. The van der Waals surface area contributed by atoms with Crippen molar-refractivity contribution in [1.82, 2.24) is 0 Å². The molecule has 1 heterocycles. The Morgan fingerprint density at radius 2 is 1.62 bits per heavy atom. The molecule has 3 unspecified atom stereocenters. The number of sulfone groups is 1. The fourth-order valence-electron chi connectivity index (χ4n) is 4.11. The standard InChI is InChI=1S/C26H44O5SSi2/c1-9-34(10-2,11-3)25(32(28,29)22-15-13-12-14-16-22)19-24-23(27)18-17-21(31-24)20-30-33(7,8)26(4,5)6/h12-19,21,23-24,27H,9-11,20H2,1-8H3/b25-19+. The van der Waals surface area contributed by atoms with Crippen LogP contribution in [0, 0.1) is 0 Å². The molecule has 0 fully saturated rings. The van der Waals surface area contributed by atoms with Crippen LogP contribution < -0.4 is 0 Å². The molecule has 8 heteroatoms. The van der Waals surface area contributed by atoms with E-state index in [0.717, 1.165) is 18.1 Å². The second-order valence-corrected chi connectivity index (χ2v) is 23.1. The summed E-state index contributed by atoms with van der Waals surface area (Å²) in [6.07, 6.45) is 3.30. The molecular formula is C26H44O5SSi2. The molecule has 0 saturated heterocycles. The Hall–Kier alpha value is -1.04. The zero-order valence-corrected chi connectivity index (χ0v) is 25.0. The van der Waals surface area contributed by atoms with Gasteiger partial charge in [0, 0.05) is 4.53 Å². The molecule has 192 valence electrons. The van der Waals surface area contributed by atoms with E-state index < -0.39 is 38.4 Å². The van der Waals surface area contributed by atoms with Crippen LogP contribution in [-0.2, 0) is 19.0 Å². The Balaban J connectivity index is 2.45. The van der Waals surface area contributed by atoms with Gasteiger partial charge in [0.1, 0.15) is 20.3 Å². The Bertz CT molecular complexity index is 952. The van der Waals surface area contributed by atoms with Crippen LogP contribution >= 0.6 is 0 Å². The highest BCUT2D eigenvalue weighted by Gasteiger charge is 2.42. The van der Waals surface area contributed by atoms with Crippen LogP contribution in [0.25, 0.3) is 0 Å². The minimum Gasteiger partial charge on any atom is -0.414 e. The van der Waals surface area contributed by atoms with Gasteiger partial charge in [-0.05, 0) is 36.3 Å². The van der Waals surface area contributed by atoms with Crippen LogP contribution in [0.3, 0.4) is 0 Å². The Morgan fingerprint density at radius 3 is 2.12 bits per heavy atom. The van der Waals surface area contributed by atoms with Crippen molar-refractivity contribution in [1.29, 1.82) is 0 Å². The molecule has 1 aromatic rings. The maximum atomic E-state index is 13.9. The zero-order valence-electron chi connectivity index (χ0n) is 22.2. The molecule has 2 rings (SSSR count). The van der Waals surface area contributed by atoms with Crippen molar-refractivity contribution in [2.45, 2.75) is 101 Å². The molecule has 1 N–H and O–H groups in total. The summed E-state index contributed by atoms with van der Waals surface area (Å²) < 4.78 is 40.8. The van der Waals surface area contributed by atoms with Crippen molar-refractivity contribution in [3.8, 4) is 0 Å². The van der Waals surface area contributed by atoms with Crippen molar-refractivity contribution in [3.63, 3.8) is 0 Å². The topological polar surface area (TPSA) is 72.8 Å². The first kappa shape index (κ1) is 29.2. The average molecular weight is 525 g/mol. The summed E-state index contributed by atoms with van der Waals surface area (Å²) in [6.45, 7) is 17.6. The molecular weight excluding hydrogens is 481 g/mol. The third-order valence-electron chi connectivity index (χ3n) is 7.82. The molecule has 0 aromatic heterocycles. The van der Waals surface area contributed by atoms with Gasteiger partial charge in [0.2, 0.25) is 0 Å². The van der Waals surface area contributed by atoms with Gasteiger partial charge in [-0.1, -0.05) is 90.0 Å². The number of aliphatic hydroxyl groups excluding tert-OH is 1. The van der Waals surface area contributed by atoms with E-state index in [1.165, 1.54) is 0 Å². The molecule has 0 bridgehead atoms. The fourth-order valence-corrected chi connectivity index (χ4v) is 13.2. The highest BCUT2D eigenvalue weighted by molar-refractivity contribution is 7.97. The van der Waals surface area contributed by atoms with Crippen molar-refractivity contribution in [2.75, 3.05) is 6.61 Å². The van der Waals surface area contributed by atoms with Crippen LogP contribution in [0.2, 0.25) is 36.3 Å². The summed E-state index contributed by atoms with van der Waals surface area (Å²) >= 11 is 0. The number of hydrogen-bond acceptors (Lipinski definition) is 5. The molecule has 0 amide bonds. The summed E-state index contributed by atoms with van der Waals surface area (Å²) in [4.78, 5) is 0.298. The SMILES string of the molecule is CC[Si](CC)(CC)/C(=C/C1OC(CO[Si](C)(C)C(C)(C)C)C=CC1O)S(=O)(=O)c1ccccc1. The lowest BCUT2D eigenvalue weighted by molar-refractivity contribution is -0.0458. The second kappa shape index (κ2) is 11.3. The van der Waals surface area contributed by atoms with Crippen LogP contribution in [0.1, 0.15) is 41.5 Å². The first-order valence-electron chi connectivity index (χ1n) is 12.4. The van der Waals surface area contributed by atoms with Gasteiger partial charge >= 0.3 is 0 Å². The van der Waals surface area contributed by atoms with Gasteiger partial charge in [-0.25, -0.2) is 8.42 Å². The first-order chi connectivity index (χ1) is 15.7. The maximum absolute atomic E-state index is 13.9. The van der Waals surface area contributed by atoms with Crippen molar-refractivity contribution in [3.05, 3.63) is 53.1 Å². The van der Waals surface area contributed by atoms with E-state index in [4.69, 9.17) is 9.16 Å². The monoisotopic (exact) mass is 524 g/mol. The average Bonchev–Trinajstić information content (AvgIpc) is 2.79. The normalized spacial score (nSPS) is 22.7. The van der Waals surface area contributed by atoms with Crippen molar-refractivity contribution < 1.29 is 22.7 Å². The molecule has 0 radical (unpaired) electrons. The van der Waals surface area contributed by atoms with Gasteiger partial charge in [0.05, 0.1) is 17.6 Å². The van der Waals surface area contributed by atoms with Crippen LogP contribution in [0.5, 0.6) is 0 Å². The van der Waals surface area contributed by atoms with Crippen LogP contribution in [-0.4, -0.2) is 54.8 Å². The van der Waals surface area contributed by atoms with E-state index in [9.17, 15) is 13.5 Å². The van der Waals surface area contributed by atoms with Gasteiger partial charge in [-0.2, -0.15) is 0 Å². The largest absolute Gasteiger partial charge is 0.414 e. The number of aliphatic hydroxyl groups is 1. The van der Waals surface area contributed by atoms with Crippen molar-refractivity contribution >= 4 is 26.2 Å². The molecule has 0 spiro atoms. The van der Waals surface area contributed by atoms with Gasteiger partial charge in [0.25, 0.3) is 0 Å². The molecule has 1 aliphatic heterocycles. The summed E-state index contributed by atoms with van der Waals surface area (Å²) in [5.41, 5.74) is 0. The molecule has 5 nitrogen and oxygen atoms in total. The van der Waals surface area contributed by atoms with Gasteiger partial charge in [0.15, 0.2) is 18.2 Å². The number of ether oxygens (including phenoxy) is 1. The summed E-state index contributed by atoms with van der Waals surface area (Å²) in [7, 11) is -8.01. The Kier molecular flexibility index (Phi) is 9.75. The minimum atomic E-state index is -3.71.